The number of hydrogen-bond donors (Lipinski definition) is 2. The number of para-hydroxylation sites is 2. The first-order valence-electron chi connectivity index (χ1n) is 12.4. The number of anilines is 2. The summed E-state index contributed by atoms with van der Waals surface area (Å²) in [4.78, 5) is 13.0. The molecule has 190 valence electrons. The molecule has 37 heavy (non-hydrogen) atoms. The first-order valence-corrected chi connectivity index (χ1v) is 12.4. The van der Waals surface area contributed by atoms with Crippen molar-refractivity contribution in [2.24, 2.45) is 0 Å². The van der Waals surface area contributed by atoms with E-state index in [0.717, 1.165) is 24.4 Å². The van der Waals surface area contributed by atoms with Gasteiger partial charge in [0.25, 0.3) is 0 Å². The predicted molar refractivity (Wildman–Crippen MR) is 142 cm³/mol. The molecule has 0 aromatic heterocycles. The van der Waals surface area contributed by atoms with Crippen molar-refractivity contribution in [2.75, 3.05) is 24.6 Å². The van der Waals surface area contributed by atoms with Gasteiger partial charge in [-0.1, -0.05) is 54.6 Å². The van der Waals surface area contributed by atoms with Crippen LogP contribution in [0.25, 0.3) is 10.8 Å². The summed E-state index contributed by atoms with van der Waals surface area (Å²) in [7, 11) is 0. The molecule has 0 amide bonds. The van der Waals surface area contributed by atoms with Crippen LogP contribution in [0.3, 0.4) is 0 Å². The number of hydrogen-bond acceptors (Lipinski definition) is 5. The van der Waals surface area contributed by atoms with Gasteiger partial charge in [-0.05, 0) is 60.5 Å². The van der Waals surface area contributed by atoms with Crippen molar-refractivity contribution in [3.8, 4) is 11.5 Å². The highest BCUT2D eigenvalue weighted by molar-refractivity contribution is 5.86. The minimum Gasteiger partial charge on any atom is -0.486 e. The lowest BCUT2D eigenvalue weighted by atomic mass is 9.99. The molecule has 4 aromatic rings. The summed E-state index contributed by atoms with van der Waals surface area (Å²) in [6.07, 6.45) is 0.666. The lowest BCUT2D eigenvalue weighted by Gasteiger charge is -2.36. The Bertz CT molecular complexity index is 1400. The highest BCUT2D eigenvalue weighted by Gasteiger charge is 2.27. The normalized spacial score (nSPS) is 15.6. The Morgan fingerprint density at radius 1 is 1.11 bits per heavy atom. The van der Waals surface area contributed by atoms with E-state index in [2.05, 4.69) is 59.6 Å². The molecule has 2 atom stereocenters. The van der Waals surface area contributed by atoms with Gasteiger partial charge in [-0.3, -0.25) is 0 Å². The molecule has 4 aromatic carbocycles. The van der Waals surface area contributed by atoms with Gasteiger partial charge in [0.05, 0.1) is 12.2 Å². The number of halogens is 1. The van der Waals surface area contributed by atoms with Gasteiger partial charge >= 0.3 is 5.97 Å². The second kappa shape index (κ2) is 10.9. The van der Waals surface area contributed by atoms with Gasteiger partial charge in [-0.15, -0.1) is 0 Å². The quantitative estimate of drug-likeness (QED) is 0.290. The Hall–Kier alpha value is -4.10. The van der Waals surface area contributed by atoms with Gasteiger partial charge < -0.3 is 24.8 Å². The smallest absolute Gasteiger partial charge is 0.341 e. The summed E-state index contributed by atoms with van der Waals surface area (Å²) in [5.41, 5.74) is 2.83. The number of fused-ring (bicyclic) bond motifs is 2. The lowest BCUT2D eigenvalue weighted by molar-refractivity contribution is -0.139. The Balaban J connectivity index is 1.30. The summed E-state index contributed by atoms with van der Waals surface area (Å²) in [6, 6.07) is 27.2. The monoisotopic (exact) mass is 500 g/mol. The molecule has 0 spiro atoms. The topological polar surface area (TPSA) is 71.0 Å². The van der Waals surface area contributed by atoms with Gasteiger partial charge in [0, 0.05) is 17.8 Å². The first kappa shape index (κ1) is 24.6. The molecule has 2 N–H and O–H groups in total. The fourth-order valence-corrected chi connectivity index (χ4v) is 4.80. The highest BCUT2D eigenvalue weighted by Crippen LogP contribution is 2.40. The third kappa shape index (κ3) is 5.52. The fourth-order valence-electron chi connectivity index (χ4n) is 4.80. The third-order valence-electron chi connectivity index (χ3n) is 6.62. The van der Waals surface area contributed by atoms with Crippen molar-refractivity contribution in [1.29, 1.82) is 0 Å². The number of nitrogens with one attached hydrogen (secondary N) is 1. The second-order valence-corrected chi connectivity index (χ2v) is 9.15. The summed E-state index contributed by atoms with van der Waals surface area (Å²) >= 11 is 0. The van der Waals surface area contributed by atoms with Crippen LogP contribution < -0.4 is 19.7 Å². The van der Waals surface area contributed by atoms with Crippen molar-refractivity contribution >= 4 is 28.1 Å². The molecule has 0 saturated heterocycles. The Labute approximate surface area is 215 Å². The van der Waals surface area contributed by atoms with E-state index in [0.29, 0.717) is 12.2 Å². The number of aliphatic carboxylic acids is 1. The zero-order valence-electron chi connectivity index (χ0n) is 20.6. The molecule has 5 rings (SSSR count). The van der Waals surface area contributed by atoms with Crippen molar-refractivity contribution in [1.82, 2.24) is 5.32 Å². The number of carbonyl (C=O) groups is 1. The Morgan fingerprint density at radius 3 is 2.76 bits per heavy atom. The maximum atomic E-state index is 14.3. The molecule has 6 nitrogen and oxygen atoms in total. The molecule has 1 aliphatic heterocycles. The van der Waals surface area contributed by atoms with Crippen LogP contribution in [-0.4, -0.2) is 36.9 Å². The van der Waals surface area contributed by atoms with E-state index in [4.69, 9.17) is 14.6 Å². The number of nitrogens with zero attached hydrogens (tertiary/aromatic N) is 1. The zero-order valence-corrected chi connectivity index (χ0v) is 20.6. The molecule has 1 unspecified atom stereocenters. The van der Waals surface area contributed by atoms with Crippen LogP contribution in [0.4, 0.5) is 15.8 Å². The summed E-state index contributed by atoms with van der Waals surface area (Å²) in [5.74, 6) is -1.11. The van der Waals surface area contributed by atoms with Gasteiger partial charge in [0.2, 0.25) is 0 Å². The maximum absolute atomic E-state index is 14.3. The lowest BCUT2D eigenvalue weighted by Crippen LogP contribution is -2.39. The maximum Gasteiger partial charge on any atom is 0.341 e. The molecule has 1 heterocycles. The minimum absolute atomic E-state index is 0.0917. The number of ether oxygens (including phenoxy) is 2. The van der Waals surface area contributed by atoms with Crippen molar-refractivity contribution in [2.45, 2.75) is 25.5 Å². The summed E-state index contributed by atoms with van der Waals surface area (Å²) in [5, 5.41) is 15.0. The van der Waals surface area contributed by atoms with Crippen LogP contribution in [0.15, 0.2) is 84.9 Å². The molecular formula is C30H29FN2O4. The Kier molecular flexibility index (Phi) is 7.23. The molecule has 0 aliphatic carbocycles. The van der Waals surface area contributed by atoms with Crippen LogP contribution in [0, 0.1) is 5.82 Å². The number of carboxylic acids is 1. The number of benzene rings is 4. The molecular weight excluding hydrogens is 471 g/mol. The number of rotatable bonds is 9. The summed E-state index contributed by atoms with van der Waals surface area (Å²) < 4.78 is 25.7. The van der Waals surface area contributed by atoms with E-state index in [1.54, 1.807) is 6.07 Å². The van der Waals surface area contributed by atoms with Gasteiger partial charge in [-0.25, -0.2) is 9.18 Å². The second-order valence-electron chi connectivity index (χ2n) is 9.15. The van der Waals surface area contributed by atoms with Crippen LogP contribution >= 0.6 is 0 Å². The van der Waals surface area contributed by atoms with Crippen LogP contribution in [0.1, 0.15) is 24.9 Å². The molecule has 7 heteroatoms. The van der Waals surface area contributed by atoms with Crippen molar-refractivity contribution in [3.05, 3.63) is 96.3 Å². The summed E-state index contributed by atoms with van der Waals surface area (Å²) in [6.45, 7) is 2.87. The zero-order chi connectivity index (χ0) is 25.8. The van der Waals surface area contributed by atoms with E-state index < -0.39 is 18.4 Å². The standard InChI is InChI=1S/C30H29FN2O4/c1-20(24-10-6-8-21-7-2-3-9-25(21)24)32-16-15-23-18-33(27-11-4-5-12-28(27)37-23)22-13-14-26(31)29(17-22)36-19-30(34)35/h2-14,17,20,23,32H,15-16,18-19H2,1H3,(H,34,35)/t20-,23?/m1/s1. The van der Waals surface area contributed by atoms with E-state index >= 15 is 0 Å². The first-order chi connectivity index (χ1) is 18.0. The molecule has 0 radical (unpaired) electrons. The molecule has 0 bridgehead atoms. The SMILES string of the molecule is C[C@@H](NCCC1CN(c2ccc(F)c(OCC(=O)O)c2)c2ccccc2O1)c1cccc2ccccc12. The van der Waals surface area contributed by atoms with E-state index in [-0.39, 0.29) is 17.9 Å². The van der Waals surface area contributed by atoms with Gasteiger partial charge in [0.15, 0.2) is 18.2 Å². The van der Waals surface area contributed by atoms with Gasteiger partial charge in [-0.2, -0.15) is 0 Å². The van der Waals surface area contributed by atoms with Crippen LogP contribution in [0.2, 0.25) is 0 Å². The van der Waals surface area contributed by atoms with E-state index in [1.807, 2.05) is 24.3 Å². The molecule has 0 fully saturated rings. The van der Waals surface area contributed by atoms with Gasteiger partial charge in [0.1, 0.15) is 11.9 Å². The molecule has 0 saturated carbocycles. The van der Waals surface area contributed by atoms with E-state index in [9.17, 15) is 9.18 Å². The third-order valence-corrected chi connectivity index (χ3v) is 6.62. The molecule has 1 aliphatic rings. The largest absolute Gasteiger partial charge is 0.486 e. The highest BCUT2D eigenvalue weighted by atomic mass is 19.1. The van der Waals surface area contributed by atoms with E-state index in [1.165, 1.54) is 28.5 Å². The predicted octanol–water partition coefficient (Wildman–Crippen LogP) is 6.08. The van der Waals surface area contributed by atoms with Crippen LogP contribution in [0.5, 0.6) is 11.5 Å². The average molecular weight is 501 g/mol. The average Bonchev–Trinajstić information content (AvgIpc) is 2.91. The van der Waals surface area contributed by atoms with Crippen molar-refractivity contribution < 1.29 is 23.8 Å². The Morgan fingerprint density at radius 2 is 1.89 bits per heavy atom. The van der Waals surface area contributed by atoms with Crippen molar-refractivity contribution in [3.63, 3.8) is 0 Å². The van der Waals surface area contributed by atoms with Crippen LogP contribution in [-0.2, 0) is 4.79 Å². The minimum atomic E-state index is -1.16. The number of carboxylic acid groups (broad SMARTS) is 1. The fraction of sp³-hybridized carbons (Fsp3) is 0.233.